The summed E-state index contributed by atoms with van der Waals surface area (Å²) >= 11 is 6.87. The fourth-order valence-electron chi connectivity index (χ4n) is 4.37. The topological polar surface area (TPSA) is 71.4 Å². The number of halogens is 1. The molecule has 5 rings (SSSR count). The Kier molecular flexibility index (Phi) is 6.91. The summed E-state index contributed by atoms with van der Waals surface area (Å²) in [5, 5.41) is 3.99. The quantitative estimate of drug-likeness (QED) is 0.284. The van der Waals surface area contributed by atoms with Gasteiger partial charge < -0.3 is 9.88 Å². The number of nitrogens with zero attached hydrogens (tertiary/aromatic N) is 2. The molecule has 0 radical (unpaired) electrons. The molecule has 1 saturated heterocycles. The molecule has 1 fully saturated rings. The zero-order chi connectivity index (χ0) is 26.1. The van der Waals surface area contributed by atoms with Crippen LogP contribution in [0.4, 0.5) is 10.5 Å². The third-order valence-corrected chi connectivity index (χ3v) is 7.36. The monoisotopic (exact) mass is 529 g/mol. The average Bonchev–Trinajstić information content (AvgIpc) is 3.34. The molecule has 2 heterocycles. The molecule has 0 aliphatic carbocycles. The van der Waals surface area contributed by atoms with Crippen molar-refractivity contribution in [3.8, 4) is 0 Å². The Morgan fingerprint density at radius 1 is 1.03 bits per heavy atom. The van der Waals surface area contributed by atoms with E-state index in [-0.39, 0.29) is 6.54 Å². The Bertz CT molecular complexity index is 1570. The van der Waals surface area contributed by atoms with Crippen LogP contribution in [0.3, 0.4) is 0 Å². The van der Waals surface area contributed by atoms with Crippen LogP contribution in [0.25, 0.3) is 17.0 Å². The lowest BCUT2D eigenvalue weighted by molar-refractivity contribution is -0.127. The van der Waals surface area contributed by atoms with Crippen LogP contribution in [0.5, 0.6) is 0 Å². The van der Waals surface area contributed by atoms with E-state index in [1.54, 1.807) is 6.08 Å². The first kappa shape index (κ1) is 24.9. The number of nitrogens with one attached hydrogen (secondary N) is 1. The molecule has 3 amide bonds. The standard InChI is InChI=1S/C29H24ClN3O3S/c1-18-7-12-24(19(2)13-18)31-27(34)17-33-28(35)26(37-29(33)36)14-21-16-32(25-6-4-3-5-23(21)25)15-20-8-10-22(30)11-9-20/h3-14,16H,15,17H2,1-2H3,(H,31,34)/b26-14-. The van der Waals surface area contributed by atoms with E-state index in [0.29, 0.717) is 22.2 Å². The molecule has 0 unspecified atom stereocenters. The van der Waals surface area contributed by atoms with Crippen LogP contribution in [0.15, 0.2) is 77.8 Å². The molecule has 1 aliphatic heterocycles. The van der Waals surface area contributed by atoms with Gasteiger partial charge in [-0.2, -0.15) is 0 Å². The number of benzene rings is 3. The van der Waals surface area contributed by atoms with E-state index in [9.17, 15) is 14.4 Å². The predicted molar refractivity (Wildman–Crippen MR) is 150 cm³/mol. The second kappa shape index (κ2) is 10.3. The number of anilines is 1. The first-order chi connectivity index (χ1) is 17.8. The summed E-state index contributed by atoms with van der Waals surface area (Å²) in [6, 6.07) is 21.3. The number of para-hydroxylation sites is 1. The van der Waals surface area contributed by atoms with E-state index in [1.807, 2.05) is 86.8 Å². The second-order valence-electron chi connectivity index (χ2n) is 8.99. The van der Waals surface area contributed by atoms with Gasteiger partial charge in [-0.1, -0.05) is 59.6 Å². The molecule has 0 atom stereocenters. The Morgan fingerprint density at radius 3 is 2.54 bits per heavy atom. The molecule has 8 heteroatoms. The highest BCUT2D eigenvalue weighted by molar-refractivity contribution is 8.18. The Hall–Kier alpha value is -3.81. The van der Waals surface area contributed by atoms with Gasteiger partial charge in [0.15, 0.2) is 0 Å². The lowest BCUT2D eigenvalue weighted by Gasteiger charge is -2.13. The normalized spacial score (nSPS) is 14.7. The Balaban J connectivity index is 1.36. The number of carbonyl (C=O) groups is 3. The van der Waals surface area contributed by atoms with Crippen LogP contribution in [0, 0.1) is 13.8 Å². The lowest BCUT2D eigenvalue weighted by atomic mass is 10.1. The molecule has 4 aromatic rings. The minimum absolute atomic E-state index is 0.290. The lowest BCUT2D eigenvalue weighted by Crippen LogP contribution is -2.36. The summed E-state index contributed by atoms with van der Waals surface area (Å²) in [7, 11) is 0. The van der Waals surface area contributed by atoms with Crippen molar-refractivity contribution >= 4 is 63.1 Å². The summed E-state index contributed by atoms with van der Waals surface area (Å²) in [6.45, 7) is 4.16. The highest BCUT2D eigenvalue weighted by Gasteiger charge is 2.36. The van der Waals surface area contributed by atoms with Crippen molar-refractivity contribution in [1.29, 1.82) is 0 Å². The van der Waals surface area contributed by atoms with E-state index in [1.165, 1.54) is 0 Å². The van der Waals surface area contributed by atoms with Gasteiger partial charge in [0.25, 0.3) is 11.1 Å². The maximum atomic E-state index is 13.1. The van der Waals surface area contributed by atoms with Crippen LogP contribution in [0.1, 0.15) is 22.3 Å². The van der Waals surface area contributed by atoms with Crippen molar-refractivity contribution in [2.75, 3.05) is 11.9 Å². The van der Waals surface area contributed by atoms with Crippen LogP contribution in [0.2, 0.25) is 5.02 Å². The van der Waals surface area contributed by atoms with Gasteiger partial charge in [0, 0.05) is 39.9 Å². The Labute approximate surface area is 223 Å². The van der Waals surface area contributed by atoms with Crippen LogP contribution >= 0.6 is 23.4 Å². The van der Waals surface area contributed by atoms with E-state index in [2.05, 4.69) is 9.88 Å². The summed E-state index contributed by atoms with van der Waals surface area (Å²) in [4.78, 5) is 39.7. The van der Waals surface area contributed by atoms with Crippen molar-refractivity contribution in [3.63, 3.8) is 0 Å². The van der Waals surface area contributed by atoms with Crippen LogP contribution < -0.4 is 5.32 Å². The van der Waals surface area contributed by atoms with E-state index < -0.39 is 17.1 Å². The van der Waals surface area contributed by atoms with Gasteiger partial charge in [0.1, 0.15) is 6.54 Å². The zero-order valence-corrected chi connectivity index (χ0v) is 21.9. The molecule has 186 valence electrons. The van der Waals surface area contributed by atoms with Gasteiger partial charge in [-0.3, -0.25) is 19.3 Å². The summed E-state index contributed by atoms with van der Waals surface area (Å²) in [6.07, 6.45) is 3.70. The van der Waals surface area contributed by atoms with Crippen molar-refractivity contribution in [3.05, 3.63) is 105 Å². The highest BCUT2D eigenvalue weighted by Crippen LogP contribution is 2.34. The van der Waals surface area contributed by atoms with Gasteiger partial charge in [0.05, 0.1) is 4.91 Å². The van der Waals surface area contributed by atoms with Crippen LogP contribution in [-0.2, 0) is 16.1 Å². The number of hydrogen-bond acceptors (Lipinski definition) is 4. The molecule has 6 nitrogen and oxygen atoms in total. The molecule has 37 heavy (non-hydrogen) atoms. The maximum Gasteiger partial charge on any atom is 0.294 e. The number of thioether (sulfide) groups is 1. The molecule has 0 spiro atoms. The smallest absolute Gasteiger partial charge is 0.294 e. The van der Waals surface area contributed by atoms with Crippen molar-refractivity contribution in [2.45, 2.75) is 20.4 Å². The molecular weight excluding hydrogens is 506 g/mol. The summed E-state index contributed by atoms with van der Waals surface area (Å²) < 4.78 is 2.10. The number of amides is 3. The highest BCUT2D eigenvalue weighted by atomic mass is 35.5. The van der Waals surface area contributed by atoms with Crippen molar-refractivity contribution in [1.82, 2.24) is 9.47 Å². The molecule has 1 aromatic heterocycles. The SMILES string of the molecule is Cc1ccc(NC(=O)CN2C(=O)S/C(=C\c3cn(Cc4ccc(Cl)cc4)c4ccccc34)C2=O)c(C)c1. The minimum Gasteiger partial charge on any atom is -0.342 e. The Morgan fingerprint density at radius 2 is 1.78 bits per heavy atom. The number of aromatic nitrogens is 1. The molecule has 1 N–H and O–H groups in total. The van der Waals surface area contributed by atoms with Gasteiger partial charge in [-0.15, -0.1) is 0 Å². The summed E-state index contributed by atoms with van der Waals surface area (Å²) in [5.41, 5.74) is 5.59. The molecule has 0 bridgehead atoms. The molecule has 3 aromatic carbocycles. The number of fused-ring (bicyclic) bond motifs is 1. The van der Waals surface area contributed by atoms with E-state index in [4.69, 9.17) is 11.6 Å². The predicted octanol–water partition coefficient (Wildman–Crippen LogP) is 6.63. The van der Waals surface area contributed by atoms with Gasteiger partial charge in [0.2, 0.25) is 5.91 Å². The first-order valence-corrected chi connectivity index (χ1v) is 12.9. The zero-order valence-electron chi connectivity index (χ0n) is 20.3. The molecular formula is C29H24ClN3O3S. The third kappa shape index (κ3) is 5.33. The van der Waals surface area contributed by atoms with E-state index in [0.717, 1.165) is 49.8 Å². The number of rotatable bonds is 6. The molecule has 1 aliphatic rings. The van der Waals surface area contributed by atoms with Gasteiger partial charge >= 0.3 is 0 Å². The fraction of sp³-hybridized carbons (Fsp3) is 0.138. The second-order valence-corrected chi connectivity index (χ2v) is 10.4. The van der Waals surface area contributed by atoms with Gasteiger partial charge in [-0.05, 0) is 67.1 Å². The van der Waals surface area contributed by atoms with Crippen molar-refractivity contribution < 1.29 is 14.4 Å². The van der Waals surface area contributed by atoms with E-state index >= 15 is 0 Å². The fourth-order valence-corrected chi connectivity index (χ4v) is 5.33. The number of hydrogen-bond donors (Lipinski definition) is 1. The number of aryl methyl sites for hydroxylation is 2. The molecule has 0 saturated carbocycles. The van der Waals surface area contributed by atoms with Crippen LogP contribution in [-0.4, -0.2) is 33.1 Å². The van der Waals surface area contributed by atoms with Gasteiger partial charge in [-0.25, -0.2) is 0 Å². The number of imide groups is 1. The van der Waals surface area contributed by atoms with Crippen molar-refractivity contribution in [2.24, 2.45) is 0 Å². The largest absolute Gasteiger partial charge is 0.342 e. The average molecular weight is 530 g/mol. The first-order valence-electron chi connectivity index (χ1n) is 11.7. The third-order valence-electron chi connectivity index (χ3n) is 6.20. The maximum absolute atomic E-state index is 13.1. The number of carbonyl (C=O) groups excluding carboxylic acids is 3. The summed E-state index contributed by atoms with van der Waals surface area (Å²) in [5.74, 6) is -0.893. The minimum atomic E-state index is -0.472.